The average molecular weight is 235 g/mol. The second kappa shape index (κ2) is 5.55. The van der Waals surface area contributed by atoms with Gasteiger partial charge in [0.25, 0.3) is 0 Å². The Morgan fingerprint density at radius 1 is 1.44 bits per heavy atom. The van der Waals surface area contributed by atoms with Gasteiger partial charge in [0.15, 0.2) is 6.29 Å². The van der Waals surface area contributed by atoms with Crippen LogP contribution in [0.5, 0.6) is 0 Å². The van der Waals surface area contributed by atoms with E-state index in [1.54, 1.807) is 0 Å². The van der Waals surface area contributed by atoms with E-state index >= 15 is 0 Å². The molecule has 0 aliphatic carbocycles. The zero-order valence-electron chi connectivity index (χ0n) is 9.16. The molecule has 1 rings (SSSR count). The van der Waals surface area contributed by atoms with Gasteiger partial charge in [0.2, 0.25) is 5.91 Å². The Morgan fingerprint density at radius 3 is 2.50 bits per heavy atom. The third-order valence-corrected chi connectivity index (χ3v) is 2.48. The van der Waals surface area contributed by atoms with Crippen LogP contribution in [0.1, 0.15) is 6.92 Å². The van der Waals surface area contributed by atoms with E-state index in [0.717, 1.165) is 0 Å². The number of ether oxygens (including phenoxy) is 2. The number of aliphatic hydroxyl groups excluding tert-OH is 3. The molecule has 0 saturated carbocycles. The van der Waals surface area contributed by atoms with Crippen molar-refractivity contribution in [3.63, 3.8) is 0 Å². The molecule has 1 fully saturated rings. The zero-order chi connectivity index (χ0) is 12.3. The number of hydrogen-bond acceptors (Lipinski definition) is 6. The van der Waals surface area contributed by atoms with Gasteiger partial charge in [0.05, 0.1) is 6.61 Å². The summed E-state index contributed by atoms with van der Waals surface area (Å²) in [6, 6.07) is -0.861. The summed E-state index contributed by atoms with van der Waals surface area (Å²) in [7, 11) is 1.35. The summed E-state index contributed by atoms with van der Waals surface area (Å²) < 4.78 is 10.1. The molecule has 94 valence electrons. The lowest BCUT2D eigenvalue weighted by Crippen LogP contribution is -2.64. The van der Waals surface area contributed by atoms with Crippen LogP contribution in [0.2, 0.25) is 0 Å². The highest BCUT2D eigenvalue weighted by Crippen LogP contribution is 2.21. The molecule has 1 amide bonds. The van der Waals surface area contributed by atoms with E-state index in [1.807, 2.05) is 0 Å². The van der Waals surface area contributed by atoms with Crippen LogP contribution in [0.3, 0.4) is 0 Å². The molecule has 0 bridgehead atoms. The molecule has 4 N–H and O–H groups in total. The number of hydrogen-bond donors (Lipinski definition) is 4. The molecule has 1 heterocycles. The van der Waals surface area contributed by atoms with Crippen molar-refractivity contribution in [2.75, 3.05) is 13.7 Å². The van der Waals surface area contributed by atoms with Crippen LogP contribution < -0.4 is 5.32 Å². The first-order chi connectivity index (χ1) is 7.51. The summed E-state index contributed by atoms with van der Waals surface area (Å²) in [5.41, 5.74) is 0. The van der Waals surface area contributed by atoms with E-state index in [4.69, 9.17) is 14.6 Å². The number of carbonyl (C=O) groups excluding carboxylic acids is 1. The summed E-state index contributed by atoms with van der Waals surface area (Å²) >= 11 is 0. The summed E-state index contributed by atoms with van der Waals surface area (Å²) in [4.78, 5) is 10.9. The molecule has 0 spiro atoms. The highest BCUT2D eigenvalue weighted by atomic mass is 16.7. The minimum atomic E-state index is -1.27. The second-order valence-corrected chi connectivity index (χ2v) is 3.67. The van der Waals surface area contributed by atoms with E-state index < -0.39 is 37.3 Å². The molecule has 1 unspecified atom stereocenters. The molecule has 7 heteroatoms. The Morgan fingerprint density at radius 2 is 2.06 bits per heavy atom. The van der Waals surface area contributed by atoms with E-state index in [-0.39, 0.29) is 5.91 Å². The third-order valence-electron chi connectivity index (χ3n) is 2.48. The van der Waals surface area contributed by atoms with Gasteiger partial charge >= 0.3 is 0 Å². The molecular weight excluding hydrogens is 218 g/mol. The minimum absolute atomic E-state index is 0.371. The van der Waals surface area contributed by atoms with Crippen LogP contribution in [-0.2, 0) is 14.3 Å². The Labute approximate surface area is 93.0 Å². The summed E-state index contributed by atoms with van der Waals surface area (Å²) in [5.74, 6) is -0.371. The number of amides is 1. The van der Waals surface area contributed by atoms with Gasteiger partial charge in [-0.05, 0) is 0 Å². The fraction of sp³-hybridized carbons (Fsp3) is 0.889. The first-order valence-electron chi connectivity index (χ1n) is 4.93. The second-order valence-electron chi connectivity index (χ2n) is 3.67. The predicted octanol–water partition coefficient (Wildman–Crippen LogP) is -2.42. The SMILES string of the molecule is CO[C@H]1OC(CO)[C@H](O)[C@H](O)[C@H]1NC(C)=O. The monoisotopic (exact) mass is 235 g/mol. The van der Waals surface area contributed by atoms with Gasteiger partial charge in [-0.3, -0.25) is 4.79 Å². The lowest BCUT2D eigenvalue weighted by Gasteiger charge is -2.41. The molecular formula is C9H17NO6. The van der Waals surface area contributed by atoms with Gasteiger partial charge in [0.1, 0.15) is 24.4 Å². The Hall–Kier alpha value is -0.730. The van der Waals surface area contributed by atoms with Crippen molar-refractivity contribution in [2.45, 2.75) is 37.6 Å². The van der Waals surface area contributed by atoms with Crippen LogP contribution in [0.4, 0.5) is 0 Å². The van der Waals surface area contributed by atoms with Crippen LogP contribution >= 0.6 is 0 Å². The molecule has 7 nitrogen and oxygen atoms in total. The van der Waals surface area contributed by atoms with E-state index in [2.05, 4.69) is 5.32 Å². The van der Waals surface area contributed by atoms with Crippen molar-refractivity contribution in [1.82, 2.24) is 5.32 Å². The molecule has 1 aliphatic heterocycles. The van der Waals surface area contributed by atoms with Gasteiger partial charge in [-0.2, -0.15) is 0 Å². The predicted molar refractivity (Wildman–Crippen MR) is 52.4 cm³/mol. The molecule has 1 saturated heterocycles. The molecule has 0 aromatic carbocycles. The van der Waals surface area contributed by atoms with Crippen LogP contribution in [0.15, 0.2) is 0 Å². The van der Waals surface area contributed by atoms with Crippen LogP contribution in [0, 0.1) is 0 Å². The Balaban J connectivity index is 2.77. The standard InChI is InChI=1S/C9H17NO6/c1-4(12)10-6-8(14)7(13)5(3-11)16-9(6)15-2/h5-9,11,13-14H,3H2,1-2H3,(H,10,12)/t5?,6-,7+,8-,9+/m1/s1. The molecule has 0 aromatic heterocycles. The first-order valence-corrected chi connectivity index (χ1v) is 4.93. The normalized spacial score (nSPS) is 39.4. The minimum Gasteiger partial charge on any atom is -0.394 e. The average Bonchev–Trinajstić information content (AvgIpc) is 2.25. The van der Waals surface area contributed by atoms with Crippen molar-refractivity contribution in [3.05, 3.63) is 0 Å². The first kappa shape index (κ1) is 13.3. The Kier molecular flexibility index (Phi) is 4.63. The van der Waals surface area contributed by atoms with Crippen molar-refractivity contribution >= 4 is 5.91 Å². The smallest absolute Gasteiger partial charge is 0.217 e. The maximum Gasteiger partial charge on any atom is 0.217 e. The van der Waals surface area contributed by atoms with E-state index in [9.17, 15) is 15.0 Å². The maximum atomic E-state index is 10.9. The molecule has 16 heavy (non-hydrogen) atoms. The van der Waals surface area contributed by atoms with Gasteiger partial charge in [-0.15, -0.1) is 0 Å². The number of methoxy groups -OCH3 is 1. The third kappa shape index (κ3) is 2.69. The lowest BCUT2D eigenvalue weighted by atomic mass is 9.97. The van der Waals surface area contributed by atoms with Crippen molar-refractivity contribution in [1.29, 1.82) is 0 Å². The van der Waals surface area contributed by atoms with Gasteiger partial charge in [-0.1, -0.05) is 0 Å². The number of aliphatic hydroxyl groups is 3. The van der Waals surface area contributed by atoms with Gasteiger partial charge in [-0.25, -0.2) is 0 Å². The zero-order valence-corrected chi connectivity index (χ0v) is 9.16. The fourth-order valence-electron chi connectivity index (χ4n) is 1.67. The highest BCUT2D eigenvalue weighted by Gasteiger charge is 2.44. The van der Waals surface area contributed by atoms with Gasteiger partial charge in [0, 0.05) is 14.0 Å². The van der Waals surface area contributed by atoms with E-state index in [0.29, 0.717) is 0 Å². The van der Waals surface area contributed by atoms with Crippen LogP contribution in [0.25, 0.3) is 0 Å². The number of nitrogens with one attached hydrogen (secondary N) is 1. The number of rotatable bonds is 3. The van der Waals surface area contributed by atoms with E-state index in [1.165, 1.54) is 14.0 Å². The summed E-state index contributed by atoms with van der Waals surface area (Å²) in [6.45, 7) is 0.842. The summed E-state index contributed by atoms with van der Waals surface area (Å²) in [6.07, 6.45) is -4.35. The topological polar surface area (TPSA) is 108 Å². The Bertz CT molecular complexity index is 246. The van der Waals surface area contributed by atoms with Crippen LogP contribution in [-0.4, -0.2) is 65.6 Å². The van der Waals surface area contributed by atoms with Gasteiger partial charge < -0.3 is 30.1 Å². The van der Waals surface area contributed by atoms with Crippen molar-refractivity contribution in [3.8, 4) is 0 Å². The summed E-state index contributed by atoms with van der Waals surface area (Å²) in [5, 5.41) is 30.7. The lowest BCUT2D eigenvalue weighted by molar-refractivity contribution is -0.262. The van der Waals surface area contributed by atoms with Crippen molar-refractivity contribution < 1.29 is 29.6 Å². The molecule has 0 radical (unpaired) electrons. The van der Waals surface area contributed by atoms with Crippen molar-refractivity contribution in [2.24, 2.45) is 0 Å². The largest absolute Gasteiger partial charge is 0.394 e. The quantitative estimate of drug-likeness (QED) is 0.433. The molecule has 0 aromatic rings. The number of carbonyl (C=O) groups is 1. The molecule has 1 aliphatic rings. The fourth-order valence-corrected chi connectivity index (χ4v) is 1.67. The highest BCUT2D eigenvalue weighted by molar-refractivity contribution is 5.73. The molecule has 5 atom stereocenters. The maximum absolute atomic E-state index is 10.9.